The summed E-state index contributed by atoms with van der Waals surface area (Å²) in [6, 6.07) is 3.43. The quantitative estimate of drug-likeness (QED) is 0.605. The van der Waals surface area contributed by atoms with Crippen LogP contribution in [0.1, 0.15) is 5.76 Å². The number of rotatable bonds is 6. The van der Waals surface area contributed by atoms with Crippen molar-refractivity contribution in [1.82, 2.24) is 10.2 Å². The van der Waals surface area contributed by atoms with Gasteiger partial charge in [0.15, 0.2) is 0 Å². The minimum Gasteiger partial charge on any atom is -0.467 e. The molecule has 0 aliphatic carbocycles. The molecule has 5 nitrogen and oxygen atoms in total. The molecule has 0 unspecified atom stereocenters. The van der Waals surface area contributed by atoms with Crippen molar-refractivity contribution in [2.75, 3.05) is 13.1 Å². The maximum atomic E-state index is 11.8. The maximum absolute atomic E-state index is 11.8. The van der Waals surface area contributed by atoms with Crippen LogP contribution in [-0.4, -0.2) is 29.8 Å². The fourth-order valence-corrected chi connectivity index (χ4v) is 1.35. The first kappa shape index (κ1) is 13.8. The summed E-state index contributed by atoms with van der Waals surface area (Å²) >= 11 is 0. The van der Waals surface area contributed by atoms with Crippen LogP contribution in [0.15, 0.2) is 48.1 Å². The van der Waals surface area contributed by atoms with Crippen LogP contribution in [0.2, 0.25) is 0 Å². The van der Waals surface area contributed by atoms with Crippen molar-refractivity contribution in [3.05, 3.63) is 49.5 Å². The number of hydrogen-bond donors (Lipinski definition) is 1. The van der Waals surface area contributed by atoms with Gasteiger partial charge in [-0.15, -0.1) is 13.2 Å². The normalized spacial score (nSPS) is 9.56. The Labute approximate surface area is 106 Å². The van der Waals surface area contributed by atoms with Gasteiger partial charge in [-0.3, -0.25) is 9.59 Å². The van der Waals surface area contributed by atoms with Crippen molar-refractivity contribution in [2.24, 2.45) is 0 Å². The summed E-state index contributed by atoms with van der Waals surface area (Å²) in [6.07, 6.45) is 4.62. The third-order valence-electron chi connectivity index (χ3n) is 2.18. The number of carbonyl (C=O) groups excluding carboxylic acids is 2. The van der Waals surface area contributed by atoms with Crippen molar-refractivity contribution in [1.29, 1.82) is 0 Å². The van der Waals surface area contributed by atoms with Crippen LogP contribution in [0.5, 0.6) is 0 Å². The van der Waals surface area contributed by atoms with E-state index in [0.29, 0.717) is 18.8 Å². The summed E-state index contributed by atoms with van der Waals surface area (Å²) in [7, 11) is 0. The van der Waals surface area contributed by atoms with Gasteiger partial charge in [0.25, 0.3) is 0 Å². The highest BCUT2D eigenvalue weighted by atomic mass is 16.3. The third kappa shape index (κ3) is 3.93. The van der Waals surface area contributed by atoms with Crippen molar-refractivity contribution in [3.63, 3.8) is 0 Å². The van der Waals surface area contributed by atoms with Crippen molar-refractivity contribution >= 4 is 11.8 Å². The highest BCUT2D eigenvalue weighted by Crippen LogP contribution is 1.99. The van der Waals surface area contributed by atoms with Gasteiger partial charge in [-0.25, -0.2) is 0 Å². The molecule has 1 rings (SSSR count). The molecule has 0 bridgehead atoms. The first-order valence-corrected chi connectivity index (χ1v) is 5.50. The summed E-state index contributed by atoms with van der Waals surface area (Å²) in [6.45, 7) is 7.87. The van der Waals surface area contributed by atoms with Crippen molar-refractivity contribution in [3.8, 4) is 0 Å². The Morgan fingerprint density at radius 2 is 2.00 bits per heavy atom. The Balaban J connectivity index is 2.50. The van der Waals surface area contributed by atoms with E-state index in [-0.39, 0.29) is 6.54 Å². The third-order valence-corrected chi connectivity index (χ3v) is 2.18. The van der Waals surface area contributed by atoms with Crippen molar-refractivity contribution in [2.45, 2.75) is 6.54 Å². The van der Waals surface area contributed by atoms with Crippen LogP contribution in [0.4, 0.5) is 0 Å². The molecule has 0 saturated heterocycles. The van der Waals surface area contributed by atoms with Gasteiger partial charge in [0.1, 0.15) is 5.76 Å². The van der Waals surface area contributed by atoms with Crippen molar-refractivity contribution < 1.29 is 14.0 Å². The molecule has 1 aromatic heterocycles. The van der Waals surface area contributed by atoms with Gasteiger partial charge in [-0.2, -0.15) is 0 Å². The van der Waals surface area contributed by atoms with E-state index >= 15 is 0 Å². The zero-order valence-electron chi connectivity index (χ0n) is 10.1. The van der Waals surface area contributed by atoms with Gasteiger partial charge in [0.05, 0.1) is 12.8 Å². The first-order chi connectivity index (χ1) is 8.69. The number of hydrogen-bond acceptors (Lipinski definition) is 3. The Morgan fingerprint density at radius 3 is 2.50 bits per heavy atom. The van der Waals surface area contributed by atoms with E-state index in [0.717, 1.165) is 0 Å². The van der Waals surface area contributed by atoms with Crippen LogP contribution in [0, 0.1) is 0 Å². The van der Waals surface area contributed by atoms with E-state index in [1.54, 1.807) is 24.3 Å². The SMILES string of the molecule is C=CCN(CC=C)C(=O)C(=O)NCc1ccco1. The van der Waals surface area contributed by atoms with Crippen LogP contribution in [0.25, 0.3) is 0 Å². The molecule has 0 aliphatic heterocycles. The predicted molar refractivity (Wildman–Crippen MR) is 67.5 cm³/mol. The molecule has 96 valence electrons. The Kier molecular flexibility index (Phi) is 5.44. The summed E-state index contributed by atoms with van der Waals surface area (Å²) in [5.41, 5.74) is 0. The average Bonchev–Trinajstić information content (AvgIpc) is 2.88. The highest BCUT2D eigenvalue weighted by Gasteiger charge is 2.19. The second-order valence-electron chi connectivity index (χ2n) is 3.55. The molecule has 0 saturated carbocycles. The number of amides is 2. The van der Waals surface area contributed by atoms with E-state index in [4.69, 9.17) is 4.42 Å². The van der Waals surface area contributed by atoms with Crippen LogP contribution < -0.4 is 5.32 Å². The molecule has 1 heterocycles. The smallest absolute Gasteiger partial charge is 0.312 e. The molecule has 0 fully saturated rings. The molecular formula is C13H16N2O3. The van der Waals surface area contributed by atoms with E-state index in [1.165, 1.54) is 11.2 Å². The number of carbonyl (C=O) groups is 2. The highest BCUT2D eigenvalue weighted by molar-refractivity contribution is 6.35. The summed E-state index contributed by atoms with van der Waals surface area (Å²) in [4.78, 5) is 24.7. The van der Waals surface area contributed by atoms with E-state index in [2.05, 4.69) is 18.5 Å². The molecule has 1 N–H and O–H groups in total. The van der Waals surface area contributed by atoms with Crippen LogP contribution >= 0.6 is 0 Å². The lowest BCUT2D eigenvalue weighted by Crippen LogP contribution is -2.42. The fourth-order valence-electron chi connectivity index (χ4n) is 1.35. The standard InChI is InChI=1S/C13H16N2O3/c1-3-7-15(8-4-2)13(17)12(16)14-10-11-6-5-9-18-11/h3-6,9H,1-2,7-8,10H2,(H,14,16). The maximum Gasteiger partial charge on any atom is 0.312 e. The predicted octanol–water partition coefficient (Wildman–Crippen LogP) is 1.10. The lowest BCUT2D eigenvalue weighted by molar-refractivity contribution is -0.145. The molecule has 5 heteroatoms. The number of nitrogens with one attached hydrogen (secondary N) is 1. The van der Waals surface area contributed by atoms with E-state index < -0.39 is 11.8 Å². The molecule has 1 aromatic rings. The number of furan rings is 1. The Morgan fingerprint density at radius 1 is 1.33 bits per heavy atom. The second kappa shape index (κ2) is 7.11. The van der Waals surface area contributed by atoms with Gasteiger partial charge in [0, 0.05) is 13.1 Å². The van der Waals surface area contributed by atoms with E-state index in [9.17, 15) is 9.59 Å². The molecule has 0 radical (unpaired) electrons. The van der Waals surface area contributed by atoms with Gasteiger partial charge < -0.3 is 14.6 Å². The van der Waals surface area contributed by atoms with Gasteiger partial charge in [0.2, 0.25) is 0 Å². The summed E-state index contributed by atoms with van der Waals surface area (Å²) < 4.78 is 5.05. The largest absolute Gasteiger partial charge is 0.467 e. The molecule has 0 spiro atoms. The first-order valence-electron chi connectivity index (χ1n) is 5.50. The second-order valence-corrected chi connectivity index (χ2v) is 3.55. The topological polar surface area (TPSA) is 62.6 Å². The minimum absolute atomic E-state index is 0.188. The molecular weight excluding hydrogens is 232 g/mol. The molecule has 18 heavy (non-hydrogen) atoms. The summed E-state index contributed by atoms with van der Waals surface area (Å²) in [5.74, 6) is -0.688. The zero-order chi connectivity index (χ0) is 13.4. The minimum atomic E-state index is -0.671. The van der Waals surface area contributed by atoms with Gasteiger partial charge >= 0.3 is 11.8 Å². The van der Waals surface area contributed by atoms with Crippen LogP contribution in [-0.2, 0) is 16.1 Å². The molecule has 0 aromatic carbocycles. The lowest BCUT2D eigenvalue weighted by atomic mass is 10.4. The monoisotopic (exact) mass is 248 g/mol. The van der Waals surface area contributed by atoms with Crippen LogP contribution in [0.3, 0.4) is 0 Å². The van der Waals surface area contributed by atoms with Gasteiger partial charge in [-0.1, -0.05) is 12.2 Å². The summed E-state index contributed by atoms with van der Waals surface area (Å²) in [5, 5.41) is 2.49. The Bertz CT molecular complexity index is 413. The number of nitrogens with zero attached hydrogens (tertiary/aromatic N) is 1. The zero-order valence-corrected chi connectivity index (χ0v) is 10.1. The molecule has 0 atom stereocenters. The Hall–Kier alpha value is -2.30. The fraction of sp³-hybridized carbons (Fsp3) is 0.231. The lowest BCUT2D eigenvalue weighted by Gasteiger charge is -2.18. The van der Waals surface area contributed by atoms with Gasteiger partial charge in [-0.05, 0) is 12.1 Å². The molecule has 2 amide bonds. The van der Waals surface area contributed by atoms with E-state index in [1.807, 2.05) is 0 Å². The average molecular weight is 248 g/mol. The molecule has 0 aliphatic rings.